The Morgan fingerprint density at radius 1 is 1.53 bits per heavy atom. The lowest BCUT2D eigenvalue weighted by molar-refractivity contribution is 0.0943. The predicted molar refractivity (Wildman–Crippen MR) is 61.6 cm³/mol. The van der Waals surface area contributed by atoms with Crippen molar-refractivity contribution >= 4 is 27.5 Å². The molecule has 0 spiro atoms. The molecule has 0 bridgehead atoms. The molecule has 1 aromatic carbocycles. The van der Waals surface area contributed by atoms with Crippen LogP contribution in [0.15, 0.2) is 22.7 Å². The van der Waals surface area contributed by atoms with Gasteiger partial charge in [0.25, 0.3) is 0 Å². The summed E-state index contributed by atoms with van der Waals surface area (Å²) in [6, 6.07) is 4.65. The molecule has 2 rings (SSSR count). The van der Waals surface area contributed by atoms with E-state index < -0.39 is 0 Å². The largest absolute Gasteiger partial charge is 0.373 e. The van der Waals surface area contributed by atoms with Gasteiger partial charge in [-0.25, -0.2) is 4.39 Å². The zero-order valence-electron chi connectivity index (χ0n) is 8.05. The molecule has 2 atom stereocenters. The van der Waals surface area contributed by atoms with E-state index in [2.05, 4.69) is 15.9 Å². The molecule has 1 aliphatic heterocycles. The summed E-state index contributed by atoms with van der Waals surface area (Å²) in [5.41, 5.74) is 0.859. The molecule has 1 saturated heterocycles. The van der Waals surface area contributed by atoms with Crippen molar-refractivity contribution in [1.82, 2.24) is 0 Å². The molecule has 0 aliphatic carbocycles. The van der Waals surface area contributed by atoms with Crippen LogP contribution in [0.4, 0.5) is 4.39 Å². The van der Waals surface area contributed by atoms with Crippen molar-refractivity contribution in [1.29, 1.82) is 0 Å². The third-order valence-corrected chi connectivity index (χ3v) is 3.80. The molecule has 1 fully saturated rings. The smallest absolute Gasteiger partial charge is 0.123 e. The zero-order chi connectivity index (χ0) is 10.8. The van der Waals surface area contributed by atoms with Crippen molar-refractivity contribution in [2.45, 2.75) is 12.5 Å². The highest BCUT2D eigenvalue weighted by Crippen LogP contribution is 2.38. The first-order valence-corrected chi connectivity index (χ1v) is 6.17. The summed E-state index contributed by atoms with van der Waals surface area (Å²) in [6.45, 7) is 0.699. The monoisotopic (exact) mass is 292 g/mol. The molecule has 0 saturated carbocycles. The van der Waals surface area contributed by atoms with E-state index in [1.54, 1.807) is 6.07 Å². The maximum absolute atomic E-state index is 13.1. The van der Waals surface area contributed by atoms with E-state index in [0.29, 0.717) is 12.5 Å². The molecule has 4 heteroatoms. The summed E-state index contributed by atoms with van der Waals surface area (Å²) in [7, 11) is 0. The van der Waals surface area contributed by atoms with Crippen LogP contribution in [0.1, 0.15) is 18.1 Å². The molecule has 1 aromatic rings. The van der Waals surface area contributed by atoms with Gasteiger partial charge in [-0.1, -0.05) is 15.9 Å². The number of rotatable bonds is 2. The molecule has 0 radical (unpaired) electrons. The van der Waals surface area contributed by atoms with Crippen molar-refractivity contribution in [2.75, 3.05) is 12.5 Å². The minimum Gasteiger partial charge on any atom is -0.373 e. The average molecular weight is 294 g/mol. The molecule has 1 nitrogen and oxygen atoms in total. The number of benzene rings is 1. The maximum Gasteiger partial charge on any atom is 0.123 e. The Bertz CT molecular complexity index is 358. The fourth-order valence-electron chi connectivity index (χ4n) is 1.87. The van der Waals surface area contributed by atoms with Crippen LogP contribution in [0.5, 0.6) is 0 Å². The first kappa shape index (κ1) is 11.4. The number of hydrogen-bond donors (Lipinski definition) is 0. The van der Waals surface area contributed by atoms with E-state index >= 15 is 0 Å². The first-order chi connectivity index (χ1) is 7.22. The topological polar surface area (TPSA) is 9.23 Å². The van der Waals surface area contributed by atoms with Gasteiger partial charge in [0.2, 0.25) is 0 Å². The van der Waals surface area contributed by atoms with Crippen LogP contribution in [0.2, 0.25) is 0 Å². The number of halogens is 3. The summed E-state index contributed by atoms with van der Waals surface area (Å²) in [5.74, 6) is 0.593. The van der Waals surface area contributed by atoms with Gasteiger partial charge in [-0.15, -0.1) is 11.6 Å². The summed E-state index contributed by atoms with van der Waals surface area (Å²) in [4.78, 5) is 0. The fraction of sp³-hybridized carbons (Fsp3) is 0.455. The van der Waals surface area contributed by atoms with Crippen LogP contribution in [0.25, 0.3) is 0 Å². The third kappa shape index (κ3) is 2.35. The summed E-state index contributed by atoms with van der Waals surface area (Å²) < 4.78 is 19.6. The molecule has 82 valence electrons. The van der Waals surface area contributed by atoms with E-state index in [-0.39, 0.29) is 17.8 Å². The first-order valence-electron chi connectivity index (χ1n) is 4.85. The highest BCUT2D eigenvalue weighted by atomic mass is 79.9. The Morgan fingerprint density at radius 3 is 3.07 bits per heavy atom. The molecule has 15 heavy (non-hydrogen) atoms. The van der Waals surface area contributed by atoms with Gasteiger partial charge in [0.1, 0.15) is 5.82 Å². The lowest BCUT2D eigenvalue weighted by atomic mass is 9.97. The Kier molecular flexibility index (Phi) is 3.65. The van der Waals surface area contributed by atoms with Crippen molar-refractivity contribution in [3.05, 3.63) is 34.1 Å². The quantitative estimate of drug-likeness (QED) is 0.751. The Hall–Kier alpha value is -0.120. The second-order valence-corrected chi connectivity index (χ2v) is 4.82. The van der Waals surface area contributed by atoms with Crippen molar-refractivity contribution in [3.63, 3.8) is 0 Å². The minimum atomic E-state index is -0.239. The molecule has 0 N–H and O–H groups in total. The van der Waals surface area contributed by atoms with Gasteiger partial charge in [-0.2, -0.15) is 0 Å². The SMILES string of the molecule is Fc1ccc(Br)c(C2OCCC2CCl)c1. The van der Waals surface area contributed by atoms with Crippen molar-refractivity contribution in [3.8, 4) is 0 Å². The van der Waals surface area contributed by atoms with Crippen LogP contribution >= 0.6 is 27.5 Å². The predicted octanol–water partition coefficient (Wildman–Crippen LogP) is 3.90. The van der Waals surface area contributed by atoms with Crippen molar-refractivity contribution < 1.29 is 9.13 Å². The van der Waals surface area contributed by atoms with E-state index in [9.17, 15) is 4.39 Å². The molecular weight excluding hydrogens is 282 g/mol. The van der Waals surface area contributed by atoms with E-state index in [4.69, 9.17) is 16.3 Å². The van der Waals surface area contributed by atoms with Gasteiger partial charge in [0.15, 0.2) is 0 Å². The zero-order valence-corrected chi connectivity index (χ0v) is 10.4. The van der Waals surface area contributed by atoms with Gasteiger partial charge in [-0.05, 0) is 30.2 Å². The number of alkyl halides is 1. The Labute approximate surface area is 102 Å². The van der Waals surface area contributed by atoms with E-state index in [0.717, 1.165) is 16.5 Å². The highest BCUT2D eigenvalue weighted by molar-refractivity contribution is 9.10. The summed E-state index contributed by atoms with van der Waals surface area (Å²) in [6.07, 6.45) is 0.865. The third-order valence-electron chi connectivity index (χ3n) is 2.68. The van der Waals surface area contributed by atoms with Crippen molar-refractivity contribution in [2.24, 2.45) is 5.92 Å². The standard InChI is InChI=1S/C11H11BrClFO/c12-10-2-1-8(14)5-9(10)11-7(6-13)3-4-15-11/h1-2,5,7,11H,3-4,6H2. The minimum absolute atomic E-state index is 0.0763. The highest BCUT2D eigenvalue weighted by Gasteiger charge is 2.30. The van der Waals surface area contributed by atoms with E-state index in [1.165, 1.54) is 12.1 Å². The normalized spacial score (nSPS) is 25.8. The molecule has 1 heterocycles. The number of ether oxygens (including phenoxy) is 1. The Balaban J connectivity index is 2.31. The van der Waals surface area contributed by atoms with Gasteiger partial charge < -0.3 is 4.74 Å². The van der Waals surface area contributed by atoms with Crippen LogP contribution in [0.3, 0.4) is 0 Å². The van der Waals surface area contributed by atoms with Crippen LogP contribution in [0, 0.1) is 11.7 Å². The maximum atomic E-state index is 13.1. The van der Waals surface area contributed by atoms with Gasteiger partial charge >= 0.3 is 0 Å². The van der Waals surface area contributed by atoms with Crippen LogP contribution < -0.4 is 0 Å². The molecule has 1 aliphatic rings. The molecule has 0 aromatic heterocycles. The summed E-state index contributed by atoms with van der Waals surface area (Å²) >= 11 is 9.26. The lowest BCUT2D eigenvalue weighted by Gasteiger charge is -2.18. The Morgan fingerprint density at radius 2 is 2.33 bits per heavy atom. The second-order valence-electron chi connectivity index (χ2n) is 3.66. The van der Waals surface area contributed by atoms with Gasteiger partial charge in [-0.3, -0.25) is 0 Å². The summed E-state index contributed by atoms with van der Waals surface area (Å²) in [5, 5.41) is 0. The molecule has 0 amide bonds. The number of hydrogen-bond acceptors (Lipinski definition) is 1. The fourth-order valence-corrected chi connectivity index (χ4v) is 2.66. The lowest BCUT2D eigenvalue weighted by Crippen LogP contribution is -2.09. The molecular formula is C11H11BrClFO. The van der Waals surface area contributed by atoms with E-state index in [1.807, 2.05) is 0 Å². The van der Waals surface area contributed by atoms with Crippen LogP contribution in [-0.4, -0.2) is 12.5 Å². The van der Waals surface area contributed by atoms with Crippen LogP contribution in [-0.2, 0) is 4.74 Å². The second kappa shape index (κ2) is 4.81. The molecule has 2 unspecified atom stereocenters. The average Bonchev–Trinajstić information content (AvgIpc) is 2.69. The van der Waals surface area contributed by atoms with Gasteiger partial charge in [0.05, 0.1) is 6.10 Å². The van der Waals surface area contributed by atoms with Gasteiger partial charge in [0, 0.05) is 22.9 Å².